The van der Waals surface area contributed by atoms with Crippen molar-refractivity contribution in [2.24, 2.45) is 0 Å². The number of rotatable bonds is 3. The SMILES string of the molecule is c1ccc(-c2ccc(-c3ccc(-c4ccc5c6c(ccc5c4)-c4c(ccc5ccccc45)C64c5ccccc5-c5ccccc54)cc3)nn2)cc1. The average Bonchev–Trinajstić information content (AvgIpc) is 3.69. The van der Waals surface area contributed by atoms with Crippen molar-refractivity contribution in [2.75, 3.05) is 0 Å². The largest absolute Gasteiger partial charge is 0.150 e. The highest BCUT2D eigenvalue weighted by molar-refractivity contribution is 6.11. The van der Waals surface area contributed by atoms with Crippen molar-refractivity contribution >= 4 is 21.5 Å². The molecule has 0 amide bonds. The van der Waals surface area contributed by atoms with Crippen LogP contribution in [0.4, 0.5) is 0 Å². The first-order valence-electron chi connectivity index (χ1n) is 17.6. The van der Waals surface area contributed by atoms with Gasteiger partial charge in [0.15, 0.2) is 0 Å². The summed E-state index contributed by atoms with van der Waals surface area (Å²) < 4.78 is 0. The predicted octanol–water partition coefficient (Wildman–Crippen LogP) is 12.1. The van der Waals surface area contributed by atoms with E-state index in [0.29, 0.717) is 0 Å². The molecule has 9 aromatic rings. The Morgan fingerprint density at radius 1 is 0.333 bits per heavy atom. The van der Waals surface area contributed by atoms with E-state index in [1.807, 2.05) is 24.3 Å². The third-order valence-corrected chi connectivity index (χ3v) is 11.2. The van der Waals surface area contributed by atoms with E-state index in [4.69, 9.17) is 0 Å². The van der Waals surface area contributed by atoms with Gasteiger partial charge in [-0.3, -0.25) is 0 Å². The molecule has 0 saturated heterocycles. The number of benzene rings is 8. The van der Waals surface area contributed by atoms with Crippen LogP contribution < -0.4 is 0 Å². The second kappa shape index (κ2) is 10.7. The summed E-state index contributed by atoms with van der Waals surface area (Å²) in [7, 11) is 0. The first-order chi connectivity index (χ1) is 25.3. The Kier molecular flexibility index (Phi) is 5.91. The van der Waals surface area contributed by atoms with Crippen LogP contribution in [0.25, 0.3) is 77.4 Å². The molecule has 2 aliphatic rings. The van der Waals surface area contributed by atoms with Gasteiger partial charge in [-0.2, -0.15) is 0 Å². The highest BCUT2D eigenvalue weighted by Gasteiger charge is 2.52. The standard InChI is InChI=1S/C49H30N2/c1-2-11-33(12-3-1)45-28-29-46(51-50-45)34-20-18-31(19-21-34)35-22-25-38-36(30-35)23-26-41-47-37-13-5-4-10-32(37)24-27-44(47)49(48(38)41)42-16-8-6-14-39(42)40-15-7-9-17-43(40)49/h1-30H. The van der Waals surface area contributed by atoms with Crippen molar-refractivity contribution in [1.29, 1.82) is 0 Å². The third kappa shape index (κ3) is 3.93. The fraction of sp³-hybridized carbons (Fsp3) is 0.0204. The summed E-state index contributed by atoms with van der Waals surface area (Å²) in [6.45, 7) is 0. The van der Waals surface area contributed by atoms with Gasteiger partial charge in [0.1, 0.15) is 0 Å². The summed E-state index contributed by atoms with van der Waals surface area (Å²) >= 11 is 0. The van der Waals surface area contributed by atoms with Crippen molar-refractivity contribution < 1.29 is 0 Å². The maximum atomic E-state index is 4.55. The van der Waals surface area contributed by atoms with Crippen molar-refractivity contribution in [2.45, 2.75) is 5.41 Å². The van der Waals surface area contributed by atoms with Crippen LogP contribution in [0.5, 0.6) is 0 Å². The van der Waals surface area contributed by atoms with E-state index < -0.39 is 5.41 Å². The van der Waals surface area contributed by atoms with Crippen molar-refractivity contribution in [3.8, 4) is 55.9 Å². The Balaban J connectivity index is 1.07. The van der Waals surface area contributed by atoms with Gasteiger partial charge in [-0.25, -0.2) is 0 Å². The highest BCUT2D eigenvalue weighted by atomic mass is 15.1. The first kappa shape index (κ1) is 28.2. The van der Waals surface area contributed by atoms with Gasteiger partial charge in [-0.05, 0) is 95.4 Å². The molecule has 0 atom stereocenters. The molecule has 236 valence electrons. The smallest absolute Gasteiger partial charge is 0.0930 e. The molecule has 2 nitrogen and oxygen atoms in total. The lowest BCUT2D eigenvalue weighted by Gasteiger charge is -2.31. The third-order valence-electron chi connectivity index (χ3n) is 11.2. The van der Waals surface area contributed by atoms with Gasteiger partial charge in [0.2, 0.25) is 0 Å². The molecule has 1 aromatic heterocycles. The van der Waals surface area contributed by atoms with Gasteiger partial charge in [-0.1, -0.05) is 164 Å². The Labute approximate surface area is 296 Å². The lowest BCUT2D eigenvalue weighted by Crippen LogP contribution is -2.26. The summed E-state index contributed by atoms with van der Waals surface area (Å²) in [4.78, 5) is 0. The van der Waals surface area contributed by atoms with E-state index >= 15 is 0 Å². The number of hydrogen-bond donors (Lipinski definition) is 0. The monoisotopic (exact) mass is 646 g/mol. The summed E-state index contributed by atoms with van der Waals surface area (Å²) in [6.07, 6.45) is 0. The molecular weight excluding hydrogens is 617 g/mol. The van der Waals surface area contributed by atoms with Crippen molar-refractivity contribution in [1.82, 2.24) is 10.2 Å². The second-order valence-electron chi connectivity index (χ2n) is 13.7. The molecule has 1 heterocycles. The minimum absolute atomic E-state index is 0.401. The van der Waals surface area contributed by atoms with Crippen molar-refractivity contribution in [3.05, 3.63) is 204 Å². The van der Waals surface area contributed by atoms with Gasteiger partial charge in [-0.15, -0.1) is 10.2 Å². The molecule has 0 unspecified atom stereocenters. The second-order valence-corrected chi connectivity index (χ2v) is 13.7. The summed E-state index contributed by atoms with van der Waals surface area (Å²) in [5.41, 5.74) is 16.7. The van der Waals surface area contributed by atoms with Crippen LogP contribution in [0, 0.1) is 0 Å². The van der Waals surface area contributed by atoms with Crippen LogP contribution in [-0.2, 0) is 5.41 Å². The maximum Gasteiger partial charge on any atom is 0.0930 e. The van der Waals surface area contributed by atoms with E-state index in [0.717, 1.165) is 22.5 Å². The Bertz CT molecular complexity index is 2790. The zero-order chi connectivity index (χ0) is 33.5. The van der Waals surface area contributed by atoms with Crippen LogP contribution in [0.15, 0.2) is 182 Å². The fourth-order valence-corrected chi connectivity index (χ4v) is 9.01. The molecule has 51 heavy (non-hydrogen) atoms. The summed E-state index contributed by atoms with van der Waals surface area (Å²) in [5, 5.41) is 14.2. The molecule has 0 bridgehead atoms. The molecule has 0 radical (unpaired) electrons. The molecule has 2 heteroatoms. The molecule has 0 aliphatic heterocycles. The van der Waals surface area contributed by atoms with Gasteiger partial charge in [0.25, 0.3) is 0 Å². The molecule has 0 N–H and O–H groups in total. The molecule has 1 spiro atoms. The molecule has 0 fully saturated rings. The lowest BCUT2D eigenvalue weighted by atomic mass is 9.69. The van der Waals surface area contributed by atoms with Gasteiger partial charge >= 0.3 is 0 Å². The Hall–Kier alpha value is -6.64. The summed E-state index contributed by atoms with van der Waals surface area (Å²) in [5.74, 6) is 0. The fourth-order valence-electron chi connectivity index (χ4n) is 9.01. The van der Waals surface area contributed by atoms with E-state index in [2.05, 4.69) is 168 Å². The first-order valence-corrected chi connectivity index (χ1v) is 17.6. The minimum atomic E-state index is -0.401. The summed E-state index contributed by atoms with van der Waals surface area (Å²) in [6, 6.07) is 66.4. The van der Waals surface area contributed by atoms with Crippen molar-refractivity contribution in [3.63, 3.8) is 0 Å². The molecule has 11 rings (SSSR count). The van der Waals surface area contributed by atoms with Crippen LogP contribution in [0.3, 0.4) is 0 Å². The van der Waals surface area contributed by atoms with Gasteiger partial charge in [0, 0.05) is 11.1 Å². The quantitative estimate of drug-likeness (QED) is 0.191. The van der Waals surface area contributed by atoms with Crippen LogP contribution in [0.1, 0.15) is 22.3 Å². The maximum absolute atomic E-state index is 4.55. The molecule has 0 saturated carbocycles. The van der Waals surface area contributed by atoms with Gasteiger partial charge in [0.05, 0.1) is 16.8 Å². The molecule has 8 aromatic carbocycles. The van der Waals surface area contributed by atoms with Gasteiger partial charge < -0.3 is 0 Å². The average molecular weight is 647 g/mol. The van der Waals surface area contributed by atoms with E-state index in [-0.39, 0.29) is 0 Å². The number of aromatic nitrogens is 2. The molecule has 2 aliphatic carbocycles. The highest BCUT2D eigenvalue weighted by Crippen LogP contribution is 2.65. The van der Waals surface area contributed by atoms with E-state index in [1.54, 1.807) is 0 Å². The Morgan fingerprint density at radius 2 is 0.922 bits per heavy atom. The van der Waals surface area contributed by atoms with Crippen LogP contribution >= 0.6 is 0 Å². The lowest BCUT2D eigenvalue weighted by molar-refractivity contribution is 0.802. The Morgan fingerprint density at radius 3 is 1.65 bits per heavy atom. The molecular formula is C49H30N2. The number of nitrogens with zero attached hydrogens (tertiary/aromatic N) is 2. The normalized spacial score (nSPS) is 13.3. The topological polar surface area (TPSA) is 25.8 Å². The van der Waals surface area contributed by atoms with E-state index in [1.165, 1.54) is 77.2 Å². The number of hydrogen-bond acceptors (Lipinski definition) is 2. The predicted molar refractivity (Wildman–Crippen MR) is 210 cm³/mol. The van der Waals surface area contributed by atoms with Crippen LogP contribution in [-0.4, -0.2) is 10.2 Å². The zero-order valence-corrected chi connectivity index (χ0v) is 27.7. The van der Waals surface area contributed by atoms with E-state index in [9.17, 15) is 0 Å². The number of fused-ring (bicyclic) bond motifs is 14. The minimum Gasteiger partial charge on any atom is -0.150 e. The zero-order valence-electron chi connectivity index (χ0n) is 27.7. The van der Waals surface area contributed by atoms with Crippen LogP contribution in [0.2, 0.25) is 0 Å².